The Kier molecular flexibility index (Phi) is 4.04. The topological polar surface area (TPSA) is 63.5 Å². The number of carbonyl (C=O) groups excluding carboxylic acids is 1. The number of benzene rings is 1. The van der Waals surface area contributed by atoms with Gasteiger partial charge in [-0.1, -0.05) is 18.5 Å². The minimum absolute atomic E-state index is 0.0756. The second-order valence-electron chi connectivity index (χ2n) is 4.92. The summed E-state index contributed by atoms with van der Waals surface area (Å²) in [5, 5.41) is 11.3. The zero-order valence-electron chi connectivity index (χ0n) is 10.6. The minimum Gasteiger partial charge on any atom is -0.338 e. The molecule has 102 valence electrons. The van der Waals surface area contributed by atoms with Gasteiger partial charge in [-0.05, 0) is 30.9 Å². The van der Waals surface area contributed by atoms with Crippen LogP contribution in [0, 0.1) is 16.0 Å². The predicted octanol–water partition coefficient (Wildman–Crippen LogP) is 3.12. The monoisotopic (exact) mass is 282 g/mol. The Hall–Kier alpha value is -1.62. The third-order valence-electron chi connectivity index (χ3n) is 3.33. The number of likely N-dealkylation sites (tertiary alicyclic amines) is 1. The van der Waals surface area contributed by atoms with E-state index in [2.05, 4.69) is 6.92 Å². The van der Waals surface area contributed by atoms with Crippen LogP contribution < -0.4 is 0 Å². The lowest BCUT2D eigenvalue weighted by Gasteiger charge is -2.30. The van der Waals surface area contributed by atoms with Gasteiger partial charge in [0.05, 0.1) is 4.92 Å². The van der Waals surface area contributed by atoms with Crippen molar-refractivity contribution in [3.63, 3.8) is 0 Å². The molecule has 0 spiro atoms. The van der Waals surface area contributed by atoms with E-state index in [9.17, 15) is 14.9 Å². The summed E-state index contributed by atoms with van der Waals surface area (Å²) in [6.45, 7) is 3.36. The molecule has 0 radical (unpaired) electrons. The second kappa shape index (κ2) is 5.57. The highest BCUT2D eigenvalue weighted by Gasteiger charge is 2.27. The molecule has 1 aliphatic rings. The maximum absolute atomic E-state index is 12.4. The highest BCUT2D eigenvalue weighted by atomic mass is 35.5. The van der Waals surface area contributed by atoms with E-state index >= 15 is 0 Å². The smallest absolute Gasteiger partial charge is 0.282 e. The van der Waals surface area contributed by atoms with Crippen molar-refractivity contribution in [3.05, 3.63) is 38.9 Å². The van der Waals surface area contributed by atoms with Gasteiger partial charge in [-0.15, -0.1) is 0 Å². The summed E-state index contributed by atoms with van der Waals surface area (Å²) < 4.78 is 0. The minimum atomic E-state index is -0.545. The van der Waals surface area contributed by atoms with Crippen molar-refractivity contribution in [2.24, 2.45) is 5.92 Å². The van der Waals surface area contributed by atoms with E-state index in [4.69, 9.17) is 11.6 Å². The van der Waals surface area contributed by atoms with Gasteiger partial charge in [-0.25, -0.2) is 0 Å². The van der Waals surface area contributed by atoms with Crippen molar-refractivity contribution in [1.82, 2.24) is 4.90 Å². The van der Waals surface area contributed by atoms with Crippen LogP contribution in [0.15, 0.2) is 18.2 Å². The average molecular weight is 283 g/mol. The Morgan fingerprint density at radius 2 is 2.26 bits per heavy atom. The first-order chi connectivity index (χ1) is 8.99. The number of amides is 1. The van der Waals surface area contributed by atoms with E-state index in [-0.39, 0.29) is 17.2 Å². The number of hydrogen-bond donors (Lipinski definition) is 0. The molecule has 19 heavy (non-hydrogen) atoms. The van der Waals surface area contributed by atoms with E-state index < -0.39 is 4.92 Å². The lowest BCUT2D eigenvalue weighted by molar-refractivity contribution is -0.385. The van der Waals surface area contributed by atoms with E-state index in [0.29, 0.717) is 24.0 Å². The Labute approximate surface area is 116 Å². The molecule has 6 heteroatoms. The number of hydrogen-bond acceptors (Lipinski definition) is 3. The third kappa shape index (κ3) is 3.04. The van der Waals surface area contributed by atoms with Crippen LogP contribution in [-0.4, -0.2) is 28.8 Å². The first-order valence-corrected chi connectivity index (χ1v) is 6.60. The zero-order chi connectivity index (χ0) is 14.0. The van der Waals surface area contributed by atoms with Crippen molar-refractivity contribution in [2.45, 2.75) is 19.8 Å². The highest BCUT2D eigenvalue weighted by Crippen LogP contribution is 2.26. The number of carbonyl (C=O) groups is 1. The highest BCUT2D eigenvalue weighted by molar-refractivity contribution is 6.31. The van der Waals surface area contributed by atoms with Crippen LogP contribution in [0.4, 0.5) is 5.69 Å². The molecule has 1 aromatic rings. The van der Waals surface area contributed by atoms with Gasteiger partial charge < -0.3 is 4.90 Å². The summed E-state index contributed by atoms with van der Waals surface area (Å²) in [5.74, 6) is 0.122. The molecule has 0 unspecified atom stereocenters. The fraction of sp³-hybridized carbons (Fsp3) is 0.462. The van der Waals surface area contributed by atoms with Gasteiger partial charge in [0.1, 0.15) is 5.56 Å². The number of nitro groups is 1. The standard InChI is InChI=1S/C13H15ClN2O3/c1-9-3-2-6-15(8-9)13(17)11-7-10(14)4-5-12(11)16(18)19/h4-5,7,9H,2-3,6,8H2,1H3/t9-/m0/s1. The molecule has 0 saturated carbocycles. The lowest BCUT2D eigenvalue weighted by atomic mass is 9.99. The van der Waals surface area contributed by atoms with Gasteiger partial charge in [0.15, 0.2) is 0 Å². The zero-order valence-corrected chi connectivity index (χ0v) is 11.4. The Bertz CT molecular complexity index is 519. The largest absolute Gasteiger partial charge is 0.338 e. The van der Waals surface area contributed by atoms with Gasteiger partial charge in [-0.2, -0.15) is 0 Å². The molecule has 0 aliphatic carbocycles. The molecule has 0 bridgehead atoms. The first-order valence-electron chi connectivity index (χ1n) is 6.22. The normalized spacial score (nSPS) is 19.3. The fourth-order valence-electron chi connectivity index (χ4n) is 2.38. The summed E-state index contributed by atoms with van der Waals surface area (Å²) in [6.07, 6.45) is 2.02. The van der Waals surface area contributed by atoms with Crippen molar-refractivity contribution in [2.75, 3.05) is 13.1 Å². The molecular weight excluding hydrogens is 268 g/mol. The third-order valence-corrected chi connectivity index (χ3v) is 3.57. The van der Waals surface area contributed by atoms with Gasteiger partial charge >= 0.3 is 0 Å². The SMILES string of the molecule is C[C@H]1CCCN(C(=O)c2cc(Cl)ccc2[N+](=O)[O-])C1. The van der Waals surface area contributed by atoms with E-state index in [0.717, 1.165) is 12.8 Å². The van der Waals surface area contributed by atoms with Gasteiger partial charge in [0, 0.05) is 24.2 Å². The molecule has 1 amide bonds. The van der Waals surface area contributed by atoms with Crippen molar-refractivity contribution in [3.8, 4) is 0 Å². The van der Waals surface area contributed by atoms with Crippen LogP contribution in [0.3, 0.4) is 0 Å². The van der Waals surface area contributed by atoms with Crippen LogP contribution in [0.25, 0.3) is 0 Å². The average Bonchev–Trinajstić information content (AvgIpc) is 2.37. The van der Waals surface area contributed by atoms with Gasteiger partial charge in [0.2, 0.25) is 0 Å². The summed E-state index contributed by atoms with van der Waals surface area (Å²) in [5.41, 5.74) is -0.112. The van der Waals surface area contributed by atoms with Gasteiger partial charge in [0.25, 0.3) is 11.6 Å². The number of rotatable bonds is 2. The Morgan fingerprint density at radius 1 is 1.53 bits per heavy atom. The molecule has 0 N–H and O–H groups in total. The lowest BCUT2D eigenvalue weighted by Crippen LogP contribution is -2.39. The van der Waals surface area contributed by atoms with E-state index in [1.165, 1.54) is 18.2 Å². The molecule has 0 aromatic heterocycles. The molecule has 1 atom stereocenters. The molecule has 1 fully saturated rings. The number of halogens is 1. The van der Waals surface area contributed by atoms with Crippen molar-refractivity contribution < 1.29 is 9.72 Å². The van der Waals surface area contributed by atoms with Crippen LogP contribution in [0.2, 0.25) is 5.02 Å². The molecule has 1 aliphatic heterocycles. The molecule has 1 aromatic carbocycles. The van der Waals surface area contributed by atoms with Crippen LogP contribution in [0.1, 0.15) is 30.1 Å². The number of nitro benzene ring substituents is 1. The molecule has 1 heterocycles. The summed E-state index contributed by atoms with van der Waals surface area (Å²) >= 11 is 5.84. The van der Waals surface area contributed by atoms with Gasteiger partial charge in [-0.3, -0.25) is 14.9 Å². The molecule has 5 nitrogen and oxygen atoms in total. The fourth-order valence-corrected chi connectivity index (χ4v) is 2.56. The maximum Gasteiger partial charge on any atom is 0.282 e. The molecule has 2 rings (SSSR count). The maximum atomic E-state index is 12.4. The predicted molar refractivity (Wildman–Crippen MR) is 72.4 cm³/mol. The quantitative estimate of drug-likeness (QED) is 0.618. The van der Waals surface area contributed by atoms with Crippen molar-refractivity contribution in [1.29, 1.82) is 0 Å². The van der Waals surface area contributed by atoms with E-state index in [1.54, 1.807) is 4.90 Å². The number of piperidine rings is 1. The Morgan fingerprint density at radius 3 is 2.89 bits per heavy atom. The van der Waals surface area contributed by atoms with Crippen LogP contribution in [0.5, 0.6) is 0 Å². The summed E-state index contributed by atoms with van der Waals surface area (Å²) in [7, 11) is 0. The molecule has 1 saturated heterocycles. The van der Waals surface area contributed by atoms with Crippen LogP contribution >= 0.6 is 11.6 Å². The second-order valence-corrected chi connectivity index (χ2v) is 5.35. The first kappa shape index (κ1) is 13.8. The van der Waals surface area contributed by atoms with E-state index in [1.807, 2.05) is 0 Å². The summed E-state index contributed by atoms with van der Waals surface area (Å²) in [6, 6.07) is 4.08. The molecular formula is C13H15ClN2O3. The van der Waals surface area contributed by atoms with Crippen molar-refractivity contribution >= 4 is 23.2 Å². The summed E-state index contributed by atoms with van der Waals surface area (Å²) in [4.78, 5) is 24.5. The number of nitrogens with zero attached hydrogens (tertiary/aromatic N) is 2. The van der Waals surface area contributed by atoms with Crippen LogP contribution in [-0.2, 0) is 0 Å². The Balaban J connectivity index is 2.32.